The Bertz CT molecular complexity index is 691. The Labute approximate surface area is 144 Å². The Morgan fingerprint density at radius 2 is 2.16 bits per heavy atom. The highest BCUT2D eigenvalue weighted by Crippen LogP contribution is 2.22. The van der Waals surface area contributed by atoms with Crippen LogP contribution in [0, 0.1) is 11.7 Å². The number of guanidine groups is 1. The van der Waals surface area contributed by atoms with E-state index < -0.39 is 0 Å². The number of fused-ring (bicyclic) bond motifs is 1. The number of nitrogens with one attached hydrogen (secondary N) is 4. The smallest absolute Gasteiger partial charge is 0.234 e. The molecule has 3 saturated heterocycles. The molecule has 0 aliphatic carbocycles. The van der Waals surface area contributed by atoms with Crippen LogP contribution < -0.4 is 26.4 Å². The van der Waals surface area contributed by atoms with E-state index in [-0.39, 0.29) is 30.4 Å². The number of hydrogen-bond donors (Lipinski definition) is 4. The van der Waals surface area contributed by atoms with Gasteiger partial charge in [-0.1, -0.05) is 6.07 Å². The quantitative estimate of drug-likeness (QED) is 0.577. The van der Waals surface area contributed by atoms with Crippen molar-refractivity contribution in [3.05, 3.63) is 29.6 Å². The average molecular weight is 348 g/mol. The molecule has 1 aromatic carbocycles. The van der Waals surface area contributed by atoms with Crippen molar-refractivity contribution >= 4 is 17.6 Å². The molecular formula is C16H21FN6O2. The van der Waals surface area contributed by atoms with Crippen LogP contribution in [0.15, 0.2) is 23.2 Å². The van der Waals surface area contributed by atoms with Gasteiger partial charge in [-0.3, -0.25) is 15.5 Å². The third-order valence-corrected chi connectivity index (χ3v) is 4.64. The van der Waals surface area contributed by atoms with Crippen molar-refractivity contribution in [1.82, 2.24) is 21.5 Å². The lowest BCUT2D eigenvalue weighted by Crippen LogP contribution is -2.61. The predicted octanol–water partition coefficient (Wildman–Crippen LogP) is -0.712. The highest BCUT2D eigenvalue weighted by atomic mass is 19.1. The number of carbonyl (C=O) groups excluding carboxylic acids is 1. The Kier molecular flexibility index (Phi) is 4.51. The number of ether oxygens (including phenoxy) is 1. The van der Waals surface area contributed by atoms with Crippen LogP contribution in [0.3, 0.4) is 0 Å². The van der Waals surface area contributed by atoms with Crippen molar-refractivity contribution in [2.24, 2.45) is 10.9 Å². The molecule has 3 aliphatic rings. The fraction of sp³-hybridized carbons (Fsp3) is 0.500. The summed E-state index contributed by atoms with van der Waals surface area (Å²) in [5, 5.41) is 5.86. The molecule has 0 saturated carbocycles. The Balaban J connectivity index is 1.42. The van der Waals surface area contributed by atoms with Crippen LogP contribution in [0.1, 0.15) is 5.56 Å². The van der Waals surface area contributed by atoms with Crippen molar-refractivity contribution in [2.45, 2.75) is 12.7 Å². The summed E-state index contributed by atoms with van der Waals surface area (Å²) in [7, 11) is 0. The molecule has 25 heavy (non-hydrogen) atoms. The first kappa shape index (κ1) is 16.2. The first-order valence-electron chi connectivity index (χ1n) is 8.42. The fourth-order valence-electron chi connectivity index (χ4n) is 3.24. The van der Waals surface area contributed by atoms with E-state index in [2.05, 4.69) is 26.5 Å². The number of carbonyl (C=O) groups is 1. The van der Waals surface area contributed by atoms with Crippen LogP contribution in [0.2, 0.25) is 0 Å². The predicted molar refractivity (Wildman–Crippen MR) is 90.3 cm³/mol. The van der Waals surface area contributed by atoms with Crippen LogP contribution in [-0.4, -0.2) is 50.9 Å². The van der Waals surface area contributed by atoms with E-state index in [1.807, 2.05) is 11.0 Å². The molecule has 3 heterocycles. The lowest BCUT2D eigenvalue weighted by molar-refractivity contribution is -0.124. The minimum atomic E-state index is -0.262. The van der Waals surface area contributed by atoms with Crippen molar-refractivity contribution in [3.8, 4) is 0 Å². The van der Waals surface area contributed by atoms with E-state index in [1.54, 1.807) is 6.07 Å². The lowest BCUT2D eigenvalue weighted by atomic mass is 10.1. The summed E-state index contributed by atoms with van der Waals surface area (Å²) in [4.78, 5) is 18.3. The van der Waals surface area contributed by atoms with Gasteiger partial charge in [0.15, 0.2) is 5.96 Å². The summed E-state index contributed by atoms with van der Waals surface area (Å²) in [5.41, 5.74) is 7.27. The van der Waals surface area contributed by atoms with E-state index in [9.17, 15) is 9.18 Å². The molecule has 9 heteroatoms. The highest BCUT2D eigenvalue weighted by Gasteiger charge is 2.37. The Morgan fingerprint density at radius 1 is 1.32 bits per heavy atom. The average Bonchev–Trinajstić information content (AvgIpc) is 3.10. The van der Waals surface area contributed by atoms with Gasteiger partial charge in [-0.15, -0.1) is 0 Å². The van der Waals surface area contributed by atoms with Gasteiger partial charge in [-0.2, -0.15) is 0 Å². The van der Waals surface area contributed by atoms with Crippen LogP contribution >= 0.6 is 0 Å². The first-order chi connectivity index (χ1) is 12.2. The van der Waals surface area contributed by atoms with E-state index in [1.165, 1.54) is 6.07 Å². The summed E-state index contributed by atoms with van der Waals surface area (Å²) >= 11 is 0. The molecule has 0 spiro atoms. The zero-order valence-corrected chi connectivity index (χ0v) is 13.7. The van der Waals surface area contributed by atoms with Crippen molar-refractivity contribution < 1.29 is 13.9 Å². The van der Waals surface area contributed by atoms with Crippen molar-refractivity contribution in [1.29, 1.82) is 0 Å². The molecule has 0 aromatic heterocycles. The van der Waals surface area contributed by atoms with Gasteiger partial charge < -0.3 is 15.0 Å². The molecule has 0 bridgehead atoms. The van der Waals surface area contributed by atoms with Gasteiger partial charge >= 0.3 is 0 Å². The number of amides is 1. The normalized spacial score (nSPS) is 27.8. The molecule has 3 fully saturated rings. The second kappa shape index (κ2) is 6.95. The molecule has 2 atom stereocenters. The summed E-state index contributed by atoms with van der Waals surface area (Å²) in [6, 6.07) is 5.14. The molecule has 1 aromatic rings. The second-order valence-corrected chi connectivity index (χ2v) is 6.29. The number of hydrogen-bond acceptors (Lipinski definition) is 6. The molecule has 2 unspecified atom stereocenters. The maximum Gasteiger partial charge on any atom is 0.234 e. The number of morpholine rings is 1. The Morgan fingerprint density at radius 3 is 2.96 bits per heavy atom. The molecule has 0 radical (unpaired) electrons. The molecule has 8 nitrogen and oxygen atoms in total. The Hall–Kier alpha value is -2.23. The minimum Gasteiger partial charge on any atom is -0.378 e. The van der Waals surface area contributed by atoms with Crippen molar-refractivity contribution in [2.75, 3.05) is 37.7 Å². The lowest BCUT2D eigenvalue weighted by Gasteiger charge is -2.29. The molecule has 4 N–H and O–H groups in total. The SMILES string of the molecule is O=C1NC(=NCc2ccc(N3CCOCC3)c(F)c2)NC2NNCC12. The number of halogens is 1. The van der Waals surface area contributed by atoms with Crippen molar-refractivity contribution in [3.63, 3.8) is 0 Å². The zero-order valence-electron chi connectivity index (χ0n) is 13.7. The van der Waals surface area contributed by atoms with Gasteiger partial charge in [0.05, 0.1) is 31.4 Å². The fourth-order valence-corrected chi connectivity index (χ4v) is 3.24. The number of aliphatic imine (C=N–C) groups is 1. The summed E-state index contributed by atoms with van der Waals surface area (Å²) in [5.74, 6) is -0.0971. The van der Waals surface area contributed by atoms with Gasteiger partial charge in [0.1, 0.15) is 12.0 Å². The summed E-state index contributed by atoms with van der Waals surface area (Å²) in [6.45, 7) is 3.48. The molecule has 3 aliphatic heterocycles. The van der Waals surface area contributed by atoms with E-state index in [4.69, 9.17) is 4.74 Å². The third kappa shape index (κ3) is 3.44. The van der Waals surface area contributed by atoms with Gasteiger partial charge in [-0.05, 0) is 17.7 Å². The van der Waals surface area contributed by atoms with Gasteiger partial charge in [-0.25, -0.2) is 14.8 Å². The van der Waals surface area contributed by atoms with E-state index >= 15 is 0 Å². The maximum atomic E-state index is 14.4. The molecule has 4 rings (SSSR count). The van der Waals surface area contributed by atoms with Crippen LogP contribution in [0.5, 0.6) is 0 Å². The number of rotatable bonds is 3. The summed E-state index contributed by atoms with van der Waals surface area (Å²) < 4.78 is 19.7. The molecule has 134 valence electrons. The second-order valence-electron chi connectivity index (χ2n) is 6.29. The monoisotopic (exact) mass is 348 g/mol. The standard InChI is InChI=1S/C16H21FN6O2/c17-12-7-10(1-2-13(12)23-3-5-25-6-4-23)8-18-16-20-14-11(9-19-22-14)15(24)21-16/h1-2,7,11,14,19,22H,3-6,8-9H2,(H2,18,20,21,24). The van der Waals surface area contributed by atoms with E-state index in [0.717, 1.165) is 5.56 Å². The minimum absolute atomic E-state index is 0.0751. The topological polar surface area (TPSA) is 90.0 Å². The number of hydrazine groups is 1. The maximum absolute atomic E-state index is 14.4. The van der Waals surface area contributed by atoms with Gasteiger partial charge in [0.2, 0.25) is 5.91 Å². The van der Waals surface area contributed by atoms with Crippen LogP contribution in [-0.2, 0) is 16.1 Å². The molecular weight excluding hydrogens is 327 g/mol. The number of benzene rings is 1. The molecule has 1 amide bonds. The van der Waals surface area contributed by atoms with Crippen LogP contribution in [0.4, 0.5) is 10.1 Å². The van der Waals surface area contributed by atoms with Gasteiger partial charge in [0, 0.05) is 19.6 Å². The van der Waals surface area contributed by atoms with Gasteiger partial charge in [0.25, 0.3) is 0 Å². The third-order valence-electron chi connectivity index (χ3n) is 4.64. The van der Waals surface area contributed by atoms with Crippen LogP contribution in [0.25, 0.3) is 0 Å². The first-order valence-corrected chi connectivity index (χ1v) is 8.42. The highest BCUT2D eigenvalue weighted by molar-refractivity contribution is 6.01. The largest absolute Gasteiger partial charge is 0.378 e. The number of nitrogens with zero attached hydrogens (tertiary/aromatic N) is 2. The zero-order chi connectivity index (χ0) is 17.2. The number of anilines is 1. The summed E-state index contributed by atoms with van der Waals surface area (Å²) in [6.07, 6.45) is -0.173. The van der Waals surface area contributed by atoms with E-state index in [0.29, 0.717) is 44.5 Å².